The first-order valence-electron chi connectivity index (χ1n) is 6.77. The predicted molar refractivity (Wildman–Crippen MR) is 86.4 cm³/mol. The van der Waals surface area contributed by atoms with Gasteiger partial charge in [0.15, 0.2) is 0 Å². The monoisotopic (exact) mass is 273 g/mol. The molecular formula is C15H35N3O. The summed E-state index contributed by atoms with van der Waals surface area (Å²) in [6.07, 6.45) is 0.913. The number of hydrogen-bond donors (Lipinski definition) is 3. The summed E-state index contributed by atoms with van der Waals surface area (Å²) in [6.45, 7) is 19.2. The van der Waals surface area contributed by atoms with Gasteiger partial charge in [-0.2, -0.15) is 0 Å². The Morgan fingerprint density at radius 1 is 1.26 bits per heavy atom. The third-order valence-corrected chi connectivity index (χ3v) is 2.59. The highest BCUT2D eigenvalue weighted by molar-refractivity contribution is 4.85. The summed E-state index contributed by atoms with van der Waals surface area (Å²) in [5.74, 6) is 0.831. The number of aliphatic hydroxyl groups is 1. The third-order valence-electron chi connectivity index (χ3n) is 2.59. The largest absolute Gasteiger partial charge is 0.403 e. The van der Waals surface area contributed by atoms with Gasteiger partial charge in [0.1, 0.15) is 0 Å². The van der Waals surface area contributed by atoms with Gasteiger partial charge in [0.25, 0.3) is 0 Å². The average molecular weight is 273 g/mol. The molecule has 0 saturated carbocycles. The van der Waals surface area contributed by atoms with E-state index >= 15 is 0 Å². The molecule has 0 radical (unpaired) electrons. The lowest BCUT2D eigenvalue weighted by molar-refractivity contribution is 0.0190. The molecular weight excluding hydrogens is 238 g/mol. The minimum absolute atomic E-state index is 0.259. The van der Waals surface area contributed by atoms with Crippen LogP contribution < -0.4 is 11.5 Å². The average Bonchev–Trinajstić information content (AvgIpc) is 2.25. The van der Waals surface area contributed by atoms with Crippen LogP contribution in [0.5, 0.6) is 0 Å². The summed E-state index contributed by atoms with van der Waals surface area (Å²) in [7, 11) is 1.90. The normalized spacial score (nSPS) is 11.2. The quantitative estimate of drug-likeness (QED) is 0.720. The topological polar surface area (TPSA) is 75.5 Å². The van der Waals surface area contributed by atoms with Gasteiger partial charge >= 0.3 is 0 Å². The zero-order valence-electron chi connectivity index (χ0n) is 14.0. The number of nitrogens with two attached hydrogens (primary N) is 2. The van der Waals surface area contributed by atoms with Crippen molar-refractivity contribution >= 4 is 0 Å². The first-order chi connectivity index (χ1) is 8.48. The van der Waals surface area contributed by atoms with Gasteiger partial charge in [0.05, 0.1) is 11.4 Å². The van der Waals surface area contributed by atoms with Gasteiger partial charge in [-0.3, -0.25) is 0 Å². The highest BCUT2D eigenvalue weighted by Gasteiger charge is 2.21. The van der Waals surface area contributed by atoms with Gasteiger partial charge in [-0.15, -0.1) is 0 Å². The molecule has 0 rings (SSSR count). The van der Waals surface area contributed by atoms with Crippen LogP contribution in [0.25, 0.3) is 0 Å². The van der Waals surface area contributed by atoms with Crippen molar-refractivity contribution in [1.82, 2.24) is 4.90 Å². The van der Waals surface area contributed by atoms with Crippen LogP contribution in [0.15, 0.2) is 24.7 Å². The zero-order chi connectivity index (χ0) is 16.2. The van der Waals surface area contributed by atoms with E-state index < -0.39 is 5.60 Å². The van der Waals surface area contributed by atoms with Crippen LogP contribution in [0.1, 0.15) is 48.0 Å². The van der Waals surface area contributed by atoms with Gasteiger partial charge in [-0.1, -0.05) is 33.9 Å². The molecule has 19 heavy (non-hydrogen) atoms. The second-order valence-corrected chi connectivity index (χ2v) is 5.10. The van der Waals surface area contributed by atoms with E-state index in [4.69, 9.17) is 11.5 Å². The summed E-state index contributed by atoms with van der Waals surface area (Å²) in [5, 5.41) is 9.67. The van der Waals surface area contributed by atoms with Gasteiger partial charge in [0.2, 0.25) is 0 Å². The molecule has 0 fully saturated rings. The van der Waals surface area contributed by atoms with Crippen LogP contribution in [0, 0.1) is 5.92 Å². The maximum Gasteiger partial charge on any atom is 0.0909 e. The summed E-state index contributed by atoms with van der Waals surface area (Å²) in [4.78, 5) is 1.89. The van der Waals surface area contributed by atoms with Crippen molar-refractivity contribution in [1.29, 1.82) is 0 Å². The van der Waals surface area contributed by atoms with Crippen LogP contribution >= 0.6 is 0 Å². The Hall–Kier alpha value is -1.16. The molecule has 5 N–H and O–H groups in total. The Bertz CT molecular complexity index is 240. The molecule has 0 heterocycles. The fourth-order valence-corrected chi connectivity index (χ4v) is 0.884. The van der Waals surface area contributed by atoms with E-state index in [1.807, 2.05) is 46.6 Å². The maximum atomic E-state index is 9.67. The van der Waals surface area contributed by atoms with Crippen molar-refractivity contribution in [3.8, 4) is 0 Å². The van der Waals surface area contributed by atoms with Crippen molar-refractivity contribution in [3.05, 3.63) is 24.7 Å². The van der Waals surface area contributed by atoms with Gasteiger partial charge < -0.3 is 21.5 Å². The molecule has 1 unspecified atom stereocenters. The van der Waals surface area contributed by atoms with Crippen LogP contribution in [0.3, 0.4) is 0 Å². The molecule has 0 saturated heterocycles. The van der Waals surface area contributed by atoms with E-state index in [1.54, 1.807) is 6.92 Å². The second kappa shape index (κ2) is 11.9. The highest BCUT2D eigenvalue weighted by atomic mass is 16.3. The Kier molecular flexibility index (Phi) is 14.4. The molecule has 0 bridgehead atoms. The molecule has 0 aromatic carbocycles. The van der Waals surface area contributed by atoms with Gasteiger partial charge in [0, 0.05) is 13.6 Å². The predicted octanol–water partition coefficient (Wildman–Crippen LogP) is 2.65. The van der Waals surface area contributed by atoms with Gasteiger partial charge in [-0.05, 0) is 38.8 Å². The molecule has 0 aromatic rings. The highest BCUT2D eigenvalue weighted by Crippen LogP contribution is 2.19. The van der Waals surface area contributed by atoms with Crippen LogP contribution in [0.4, 0.5) is 0 Å². The smallest absolute Gasteiger partial charge is 0.0909 e. The molecule has 0 amide bonds. The fourth-order valence-electron chi connectivity index (χ4n) is 0.884. The Labute approximate surface area is 120 Å². The lowest BCUT2D eigenvalue weighted by Gasteiger charge is -2.28. The fraction of sp³-hybridized carbons (Fsp3) is 0.733. The standard InChI is InChI=1S/C10H22N2O.C3H7N.C2H6/c1-8(10(3,4)13)6-7-12(5)9(2)11;1-3(2)4;1-2/h8,13H,2,6-7,11H2,1,3-5H3;1,4H2,2H3;1-2H3. The molecule has 0 aliphatic heterocycles. The van der Waals surface area contributed by atoms with Crippen molar-refractivity contribution < 1.29 is 5.11 Å². The lowest BCUT2D eigenvalue weighted by atomic mass is 9.90. The summed E-state index contributed by atoms with van der Waals surface area (Å²) >= 11 is 0. The maximum absolute atomic E-state index is 9.67. The Morgan fingerprint density at radius 2 is 1.58 bits per heavy atom. The molecule has 0 aliphatic rings. The number of hydrogen-bond acceptors (Lipinski definition) is 4. The molecule has 4 heteroatoms. The summed E-state index contributed by atoms with van der Waals surface area (Å²) < 4.78 is 0. The van der Waals surface area contributed by atoms with E-state index in [-0.39, 0.29) is 5.92 Å². The number of allylic oxidation sites excluding steroid dienone is 1. The third kappa shape index (κ3) is 19.4. The molecule has 0 aliphatic carbocycles. The van der Waals surface area contributed by atoms with Crippen molar-refractivity contribution in [3.63, 3.8) is 0 Å². The Balaban J connectivity index is -0.000000361. The second-order valence-electron chi connectivity index (χ2n) is 5.10. The van der Waals surface area contributed by atoms with Crippen molar-refractivity contribution in [2.75, 3.05) is 13.6 Å². The van der Waals surface area contributed by atoms with E-state index in [9.17, 15) is 5.11 Å². The van der Waals surface area contributed by atoms with Crippen molar-refractivity contribution in [2.45, 2.75) is 53.6 Å². The molecule has 0 aromatic heterocycles. The minimum atomic E-state index is -0.614. The zero-order valence-corrected chi connectivity index (χ0v) is 14.0. The van der Waals surface area contributed by atoms with Crippen molar-refractivity contribution in [2.24, 2.45) is 17.4 Å². The first kappa shape index (κ1) is 23.0. The summed E-state index contributed by atoms with van der Waals surface area (Å²) in [5.41, 5.74) is 10.5. The van der Waals surface area contributed by atoms with Crippen LogP contribution in [-0.4, -0.2) is 29.2 Å². The van der Waals surface area contributed by atoms with E-state index in [0.29, 0.717) is 11.5 Å². The molecule has 116 valence electrons. The van der Waals surface area contributed by atoms with E-state index in [0.717, 1.165) is 13.0 Å². The minimum Gasteiger partial charge on any atom is -0.403 e. The number of nitrogens with zero attached hydrogens (tertiary/aromatic N) is 1. The SMILES string of the molecule is C=C(C)N.C=C(N)N(C)CCC(C)C(C)(C)O.CC. The van der Waals surface area contributed by atoms with Crippen LogP contribution in [-0.2, 0) is 0 Å². The Morgan fingerprint density at radius 3 is 1.79 bits per heavy atom. The summed E-state index contributed by atoms with van der Waals surface area (Å²) in [6, 6.07) is 0. The van der Waals surface area contributed by atoms with E-state index in [2.05, 4.69) is 13.2 Å². The van der Waals surface area contributed by atoms with E-state index in [1.165, 1.54) is 0 Å². The van der Waals surface area contributed by atoms with Crippen LogP contribution in [0.2, 0.25) is 0 Å². The molecule has 1 atom stereocenters. The van der Waals surface area contributed by atoms with Gasteiger partial charge in [-0.25, -0.2) is 0 Å². The first-order valence-corrected chi connectivity index (χ1v) is 6.77. The number of rotatable bonds is 5. The molecule has 4 nitrogen and oxygen atoms in total. The lowest BCUT2D eigenvalue weighted by Crippen LogP contribution is -2.32. The molecule has 0 spiro atoms.